The van der Waals surface area contributed by atoms with E-state index in [1.165, 1.54) is 0 Å². The second kappa shape index (κ2) is 4.75. The van der Waals surface area contributed by atoms with Crippen molar-refractivity contribution in [2.75, 3.05) is 13.2 Å². The van der Waals surface area contributed by atoms with Crippen molar-refractivity contribution in [3.63, 3.8) is 0 Å². The lowest BCUT2D eigenvalue weighted by molar-refractivity contribution is -0.119. The van der Waals surface area contributed by atoms with Crippen molar-refractivity contribution < 1.29 is 9.53 Å². The van der Waals surface area contributed by atoms with Crippen molar-refractivity contribution in [2.24, 2.45) is 5.73 Å². The van der Waals surface area contributed by atoms with Crippen LogP contribution in [0, 0.1) is 0 Å². The smallest absolute Gasteiger partial charge is 0.219 e. The van der Waals surface area contributed by atoms with E-state index in [1.807, 2.05) is 31.2 Å². The van der Waals surface area contributed by atoms with Crippen LogP contribution in [0.5, 0.6) is 5.75 Å². The van der Waals surface area contributed by atoms with Crippen LogP contribution in [0.15, 0.2) is 24.3 Å². The van der Waals surface area contributed by atoms with E-state index in [0.29, 0.717) is 13.0 Å². The Labute approximate surface area is 101 Å². The van der Waals surface area contributed by atoms with Gasteiger partial charge in [0.15, 0.2) is 0 Å². The molecule has 1 atom stereocenters. The lowest BCUT2D eigenvalue weighted by Crippen LogP contribution is -2.48. The molecule has 0 radical (unpaired) electrons. The number of primary amides is 1. The lowest BCUT2D eigenvalue weighted by Gasteiger charge is -2.38. The summed E-state index contributed by atoms with van der Waals surface area (Å²) in [6.45, 7) is 3.43. The molecule has 2 rings (SSSR count). The van der Waals surface area contributed by atoms with Gasteiger partial charge in [0.25, 0.3) is 0 Å². The monoisotopic (exact) mass is 234 g/mol. The molecular weight excluding hydrogens is 216 g/mol. The van der Waals surface area contributed by atoms with Gasteiger partial charge >= 0.3 is 0 Å². The third-order valence-electron chi connectivity index (χ3n) is 3.18. The highest BCUT2D eigenvalue weighted by Crippen LogP contribution is 2.38. The Balaban J connectivity index is 2.43. The number of fused-ring (bicyclic) bond motifs is 1. The van der Waals surface area contributed by atoms with Gasteiger partial charge in [0.05, 0.1) is 12.1 Å². The first-order valence-corrected chi connectivity index (χ1v) is 5.93. The summed E-state index contributed by atoms with van der Waals surface area (Å²) in [6.07, 6.45) is 1.07. The van der Waals surface area contributed by atoms with Crippen LogP contribution in [0.25, 0.3) is 0 Å². The Kier molecular flexibility index (Phi) is 3.33. The third-order valence-corrected chi connectivity index (χ3v) is 3.18. The zero-order chi connectivity index (χ0) is 12.3. The van der Waals surface area contributed by atoms with Gasteiger partial charge < -0.3 is 15.8 Å². The molecule has 17 heavy (non-hydrogen) atoms. The molecule has 0 spiro atoms. The van der Waals surface area contributed by atoms with E-state index in [9.17, 15) is 4.79 Å². The molecule has 0 fully saturated rings. The molecule has 1 unspecified atom stereocenters. The number of benzene rings is 1. The summed E-state index contributed by atoms with van der Waals surface area (Å²) >= 11 is 0. The minimum atomic E-state index is -0.366. The fourth-order valence-corrected chi connectivity index (χ4v) is 2.52. The Bertz CT molecular complexity index is 420. The highest BCUT2D eigenvalue weighted by molar-refractivity contribution is 5.76. The van der Waals surface area contributed by atoms with Gasteiger partial charge in [-0.25, -0.2) is 0 Å². The zero-order valence-corrected chi connectivity index (χ0v) is 10.0. The van der Waals surface area contributed by atoms with Gasteiger partial charge in [-0.2, -0.15) is 0 Å². The number of carbonyl (C=O) groups excluding carboxylic acids is 1. The normalized spacial score (nSPS) is 22.6. The molecule has 0 bridgehead atoms. The number of para-hydroxylation sites is 1. The Morgan fingerprint density at radius 1 is 1.53 bits per heavy atom. The Hall–Kier alpha value is -1.55. The highest BCUT2D eigenvalue weighted by atomic mass is 16.5. The summed E-state index contributed by atoms with van der Waals surface area (Å²) in [4.78, 5) is 11.3. The van der Waals surface area contributed by atoms with Gasteiger partial charge in [0, 0.05) is 18.4 Å². The molecule has 1 aliphatic heterocycles. The van der Waals surface area contributed by atoms with Crippen LogP contribution < -0.4 is 15.8 Å². The summed E-state index contributed by atoms with van der Waals surface area (Å²) in [5, 5.41) is 3.40. The van der Waals surface area contributed by atoms with Gasteiger partial charge in [0.1, 0.15) is 5.75 Å². The van der Waals surface area contributed by atoms with Crippen molar-refractivity contribution in [1.82, 2.24) is 5.32 Å². The predicted octanol–water partition coefficient (Wildman–Crippen LogP) is 1.15. The van der Waals surface area contributed by atoms with Crippen LogP contribution in [0.1, 0.15) is 25.3 Å². The molecule has 0 aromatic heterocycles. The Morgan fingerprint density at radius 2 is 2.29 bits per heavy atom. The molecule has 0 saturated heterocycles. The minimum Gasteiger partial charge on any atom is -0.493 e. The number of nitrogens with two attached hydrogens (primary N) is 1. The maximum atomic E-state index is 11.3. The summed E-state index contributed by atoms with van der Waals surface area (Å²) in [5.74, 6) is 0.559. The first-order chi connectivity index (χ1) is 8.18. The molecule has 3 N–H and O–H groups in total. The molecule has 4 heteroatoms. The van der Waals surface area contributed by atoms with E-state index >= 15 is 0 Å². The first kappa shape index (κ1) is 11.9. The Morgan fingerprint density at radius 3 is 3.00 bits per heavy atom. The standard InChI is InChI=1S/C13H18N2O2/c1-2-15-13(9-12(14)16)7-8-17-11-6-4-3-5-10(11)13/h3-6,15H,2,7-9H2,1H3,(H2,14,16). The molecule has 1 amide bonds. The number of amides is 1. The van der Waals surface area contributed by atoms with Gasteiger partial charge in [-0.15, -0.1) is 0 Å². The third kappa shape index (κ3) is 2.26. The number of nitrogens with one attached hydrogen (secondary N) is 1. The lowest BCUT2D eigenvalue weighted by atomic mass is 9.81. The SMILES string of the molecule is CCNC1(CC(N)=O)CCOc2ccccc21. The van der Waals surface area contributed by atoms with E-state index < -0.39 is 0 Å². The van der Waals surface area contributed by atoms with Crippen molar-refractivity contribution in [3.8, 4) is 5.75 Å². The number of hydrogen-bond donors (Lipinski definition) is 2. The van der Waals surface area contributed by atoms with Gasteiger partial charge in [-0.1, -0.05) is 25.1 Å². The number of carbonyl (C=O) groups is 1. The van der Waals surface area contributed by atoms with Crippen LogP contribution in [0.2, 0.25) is 0 Å². The summed E-state index contributed by atoms with van der Waals surface area (Å²) in [6, 6.07) is 7.83. The van der Waals surface area contributed by atoms with Crippen LogP contribution in [0.4, 0.5) is 0 Å². The molecule has 0 saturated carbocycles. The number of hydrogen-bond acceptors (Lipinski definition) is 3. The van der Waals surface area contributed by atoms with E-state index in [2.05, 4.69) is 5.32 Å². The summed E-state index contributed by atoms with van der Waals surface area (Å²) < 4.78 is 5.61. The van der Waals surface area contributed by atoms with E-state index in [0.717, 1.165) is 24.3 Å². The summed E-state index contributed by atoms with van der Waals surface area (Å²) in [7, 11) is 0. The van der Waals surface area contributed by atoms with Crippen LogP contribution in [0.3, 0.4) is 0 Å². The zero-order valence-electron chi connectivity index (χ0n) is 10.0. The van der Waals surface area contributed by atoms with Crippen LogP contribution >= 0.6 is 0 Å². The van der Waals surface area contributed by atoms with Gasteiger partial charge in [-0.3, -0.25) is 4.79 Å². The summed E-state index contributed by atoms with van der Waals surface area (Å²) in [5.41, 5.74) is 6.04. The second-order valence-electron chi connectivity index (χ2n) is 4.35. The molecule has 92 valence electrons. The minimum absolute atomic E-state index is 0.289. The van der Waals surface area contributed by atoms with E-state index in [4.69, 9.17) is 10.5 Å². The molecule has 1 aliphatic rings. The van der Waals surface area contributed by atoms with E-state index in [-0.39, 0.29) is 11.4 Å². The van der Waals surface area contributed by atoms with Gasteiger partial charge in [0.2, 0.25) is 5.91 Å². The molecule has 0 aliphatic carbocycles. The topological polar surface area (TPSA) is 64.3 Å². The maximum Gasteiger partial charge on any atom is 0.219 e. The van der Waals surface area contributed by atoms with Gasteiger partial charge in [-0.05, 0) is 12.6 Å². The predicted molar refractivity (Wildman–Crippen MR) is 65.7 cm³/mol. The second-order valence-corrected chi connectivity index (χ2v) is 4.35. The molecule has 1 heterocycles. The van der Waals surface area contributed by atoms with E-state index in [1.54, 1.807) is 0 Å². The number of rotatable bonds is 4. The fraction of sp³-hybridized carbons (Fsp3) is 0.462. The van der Waals surface area contributed by atoms with Crippen LogP contribution in [-0.2, 0) is 10.3 Å². The fourth-order valence-electron chi connectivity index (χ4n) is 2.52. The van der Waals surface area contributed by atoms with Crippen molar-refractivity contribution in [3.05, 3.63) is 29.8 Å². The largest absolute Gasteiger partial charge is 0.493 e. The molecular formula is C13H18N2O2. The molecule has 4 nitrogen and oxygen atoms in total. The first-order valence-electron chi connectivity index (χ1n) is 5.93. The van der Waals surface area contributed by atoms with Crippen molar-refractivity contribution in [1.29, 1.82) is 0 Å². The molecule has 1 aromatic carbocycles. The maximum absolute atomic E-state index is 11.3. The highest BCUT2D eigenvalue weighted by Gasteiger charge is 2.38. The van der Waals surface area contributed by atoms with Crippen LogP contribution in [-0.4, -0.2) is 19.1 Å². The van der Waals surface area contributed by atoms with Crippen molar-refractivity contribution >= 4 is 5.91 Å². The number of ether oxygens (including phenoxy) is 1. The quantitative estimate of drug-likeness (QED) is 0.821. The average Bonchev–Trinajstić information content (AvgIpc) is 2.29. The molecule has 1 aromatic rings. The average molecular weight is 234 g/mol. The van der Waals surface area contributed by atoms with Crippen molar-refractivity contribution in [2.45, 2.75) is 25.3 Å².